The fraction of sp³-hybridized carbons (Fsp3) is 0.429. The summed E-state index contributed by atoms with van der Waals surface area (Å²) in [6.45, 7) is 0.155. The van der Waals surface area contributed by atoms with Crippen LogP contribution in [0.25, 0.3) is 0 Å². The van der Waals surface area contributed by atoms with Crippen molar-refractivity contribution in [3.05, 3.63) is 46.0 Å². The normalized spacial score (nSPS) is 11.5. The predicted molar refractivity (Wildman–Crippen MR) is 79.8 cm³/mol. The molecule has 23 heavy (non-hydrogen) atoms. The van der Waals surface area contributed by atoms with Crippen LogP contribution in [0.15, 0.2) is 30.3 Å². The predicted octanol–water partition coefficient (Wildman–Crippen LogP) is 1.40. The van der Waals surface area contributed by atoms with Gasteiger partial charge < -0.3 is 15.6 Å². The fourth-order valence-corrected chi connectivity index (χ4v) is 1.93. The zero-order chi connectivity index (χ0) is 17.2. The van der Waals surface area contributed by atoms with Crippen molar-refractivity contribution in [3.63, 3.8) is 0 Å². The van der Waals surface area contributed by atoms with Crippen LogP contribution in [0, 0.1) is 10.1 Å². The van der Waals surface area contributed by atoms with Crippen molar-refractivity contribution in [1.82, 2.24) is 5.01 Å². The number of carboxylic acids is 1. The highest BCUT2D eigenvalue weighted by Crippen LogP contribution is 2.12. The molecule has 0 bridgehead atoms. The van der Waals surface area contributed by atoms with Crippen LogP contribution in [0.3, 0.4) is 0 Å². The van der Waals surface area contributed by atoms with Crippen LogP contribution in [0.4, 0.5) is 4.79 Å². The molecular formula is C14H19N3O6. The van der Waals surface area contributed by atoms with Crippen molar-refractivity contribution < 1.29 is 24.5 Å². The van der Waals surface area contributed by atoms with Gasteiger partial charge in [-0.15, -0.1) is 0 Å². The first-order chi connectivity index (χ1) is 11.0. The highest BCUT2D eigenvalue weighted by molar-refractivity contribution is 5.79. The second-order valence-electron chi connectivity index (χ2n) is 4.76. The molecule has 1 aromatic rings. The van der Waals surface area contributed by atoms with E-state index in [-0.39, 0.29) is 18.0 Å². The number of nitro groups is 1. The molecule has 0 spiro atoms. The quantitative estimate of drug-likeness (QED) is 0.398. The number of nitrogens with two attached hydrogens (primary N) is 1. The molecule has 0 aromatic heterocycles. The van der Waals surface area contributed by atoms with E-state index >= 15 is 0 Å². The van der Waals surface area contributed by atoms with Crippen LogP contribution in [0.1, 0.15) is 24.8 Å². The molecule has 0 radical (unpaired) electrons. The minimum Gasteiger partial charge on any atom is -0.480 e. The first-order valence-corrected chi connectivity index (χ1v) is 7.04. The van der Waals surface area contributed by atoms with Gasteiger partial charge in [-0.1, -0.05) is 30.3 Å². The third kappa shape index (κ3) is 5.91. The van der Waals surface area contributed by atoms with Crippen molar-refractivity contribution in [2.45, 2.75) is 31.9 Å². The number of benzene rings is 1. The van der Waals surface area contributed by atoms with Gasteiger partial charge in [0.2, 0.25) is 0 Å². The van der Waals surface area contributed by atoms with E-state index in [0.717, 1.165) is 0 Å². The Morgan fingerprint density at radius 1 is 1.30 bits per heavy atom. The first kappa shape index (κ1) is 18.4. The summed E-state index contributed by atoms with van der Waals surface area (Å²) in [5, 5.41) is 19.2. The molecule has 0 unspecified atom stereocenters. The lowest BCUT2D eigenvalue weighted by Gasteiger charge is -2.19. The van der Waals surface area contributed by atoms with Crippen molar-refractivity contribution in [2.75, 3.05) is 6.54 Å². The van der Waals surface area contributed by atoms with Crippen molar-refractivity contribution in [2.24, 2.45) is 5.73 Å². The third-order valence-electron chi connectivity index (χ3n) is 3.08. The average molecular weight is 325 g/mol. The molecule has 9 heteroatoms. The van der Waals surface area contributed by atoms with Crippen molar-refractivity contribution in [3.8, 4) is 0 Å². The SMILES string of the molecule is NCCCC[C@@H](C(=O)O)N(C(=O)OCc1ccccc1)[N+](=O)[O-]. The van der Waals surface area contributed by atoms with Crippen LogP contribution in [-0.2, 0) is 16.1 Å². The molecule has 126 valence electrons. The molecule has 1 atom stereocenters. The minimum atomic E-state index is -1.60. The standard InChI is InChI=1S/C14H19N3O6/c15-9-5-4-8-12(13(18)19)16(17(21)22)14(20)23-10-11-6-2-1-3-7-11/h1-3,6-7,12H,4-5,8-10,15H2,(H,18,19)/t12-/m0/s1. The Balaban J connectivity index is 2.75. The zero-order valence-corrected chi connectivity index (χ0v) is 12.5. The number of unbranched alkanes of at least 4 members (excludes halogenated alkanes) is 1. The number of amides is 1. The van der Waals surface area contributed by atoms with Gasteiger partial charge in [0.25, 0.3) is 0 Å². The highest BCUT2D eigenvalue weighted by Gasteiger charge is 2.40. The first-order valence-electron chi connectivity index (χ1n) is 7.04. The number of hydrogen-bond donors (Lipinski definition) is 2. The molecule has 0 fully saturated rings. The molecule has 0 saturated heterocycles. The monoisotopic (exact) mass is 325 g/mol. The molecule has 1 rings (SSSR count). The van der Waals surface area contributed by atoms with Gasteiger partial charge in [0.1, 0.15) is 6.61 Å². The number of carbonyl (C=O) groups is 2. The third-order valence-corrected chi connectivity index (χ3v) is 3.08. The number of hydrazine groups is 1. The van der Waals surface area contributed by atoms with Crippen LogP contribution in [0.5, 0.6) is 0 Å². The molecule has 0 heterocycles. The topological polar surface area (TPSA) is 136 Å². The molecule has 1 amide bonds. The van der Waals surface area contributed by atoms with Crippen LogP contribution in [-0.4, -0.2) is 39.8 Å². The molecule has 3 N–H and O–H groups in total. The maximum Gasteiger partial charge on any atom is 0.469 e. The van der Waals surface area contributed by atoms with E-state index in [9.17, 15) is 19.7 Å². The summed E-state index contributed by atoms with van der Waals surface area (Å²) in [4.78, 5) is 34.2. The number of carboxylic acid groups (broad SMARTS) is 1. The Labute approximate surface area is 132 Å². The number of rotatable bonds is 9. The number of ether oxygens (including phenoxy) is 1. The Kier molecular flexibility index (Phi) is 7.48. The number of aliphatic carboxylic acids is 1. The number of nitrogens with zero attached hydrogens (tertiary/aromatic N) is 2. The lowest BCUT2D eigenvalue weighted by molar-refractivity contribution is -0.641. The minimum absolute atomic E-state index is 0.0157. The summed E-state index contributed by atoms with van der Waals surface area (Å²) in [5.74, 6) is -1.46. The Bertz CT molecular complexity index is 537. The van der Waals surface area contributed by atoms with E-state index in [1.807, 2.05) is 0 Å². The Morgan fingerprint density at radius 3 is 2.48 bits per heavy atom. The van der Waals surface area contributed by atoms with Gasteiger partial charge in [-0.3, -0.25) is 0 Å². The maximum atomic E-state index is 11.9. The molecular weight excluding hydrogens is 306 g/mol. The summed E-state index contributed by atoms with van der Waals surface area (Å²) in [7, 11) is 0. The molecule has 0 aliphatic carbocycles. The molecule has 0 aliphatic heterocycles. The van der Waals surface area contributed by atoms with E-state index in [0.29, 0.717) is 24.9 Å². The zero-order valence-electron chi connectivity index (χ0n) is 12.5. The number of hydrogen-bond acceptors (Lipinski definition) is 6. The lowest BCUT2D eigenvalue weighted by Crippen LogP contribution is -2.48. The fourth-order valence-electron chi connectivity index (χ4n) is 1.93. The molecule has 0 aliphatic rings. The second kappa shape index (κ2) is 9.36. The van der Waals surface area contributed by atoms with Gasteiger partial charge in [0.15, 0.2) is 11.1 Å². The Morgan fingerprint density at radius 2 is 1.96 bits per heavy atom. The number of carbonyl (C=O) groups excluding carboxylic acids is 1. The van der Waals surface area contributed by atoms with E-state index < -0.39 is 23.1 Å². The molecule has 0 saturated carbocycles. The summed E-state index contributed by atoms with van der Waals surface area (Å²) in [6.07, 6.45) is -0.523. The largest absolute Gasteiger partial charge is 0.480 e. The smallest absolute Gasteiger partial charge is 0.469 e. The summed E-state index contributed by atoms with van der Waals surface area (Å²) >= 11 is 0. The van der Waals surface area contributed by atoms with E-state index in [1.54, 1.807) is 30.3 Å². The van der Waals surface area contributed by atoms with Crippen LogP contribution >= 0.6 is 0 Å². The van der Waals surface area contributed by atoms with Crippen LogP contribution in [0.2, 0.25) is 0 Å². The van der Waals surface area contributed by atoms with Gasteiger partial charge >= 0.3 is 12.1 Å². The summed E-state index contributed by atoms with van der Waals surface area (Å²) < 4.78 is 4.85. The summed E-state index contributed by atoms with van der Waals surface area (Å²) in [5.41, 5.74) is 5.95. The molecule has 9 nitrogen and oxygen atoms in total. The van der Waals surface area contributed by atoms with Gasteiger partial charge in [0.05, 0.1) is 0 Å². The molecule has 1 aromatic carbocycles. The maximum absolute atomic E-state index is 11.9. The lowest BCUT2D eigenvalue weighted by atomic mass is 10.1. The van der Waals surface area contributed by atoms with E-state index in [2.05, 4.69) is 0 Å². The Hall–Kier alpha value is -2.68. The summed E-state index contributed by atoms with van der Waals surface area (Å²) in [6, 6.07) is 6.98. The van der Waals surface area contributed by atoms with Crippen LogP contribution < -0.4 is 5.73 Å². The van der Waals surface area contributed by atoms with Gasteiger partial charge in [-0.2, -0.15) is 0 Å². The van der Waals surface area contributed by atoms with Gasteiger partial charge in [-0.05, 0) is 36.4 Å². The van der Waals surface area contributed by atoms with Gasteiger partial charge in [-0.25, -0.2) is 19.7 Å². The van der Waals surface area contributed by atoms with E-state index in [4.69, 9.17) is 15.6 Å². The highest BCUT2D eigenvalue weighted by atomic mass is 16.7. The van der Waals surface area contributed by atoms with Crippen molar-refractivity contribution >= 4 is 12.1 Å². The second-order valence-corrected chi connectivity index (χ2v) is 4.76. The average Bonchev–Trinajstić information content (AvgIpc) is 2.52. The van der Waals surface area contributed by atoms with Gasteiger partial charge in [0, 0.05) is 0 Å². The van der Waals surface area contributed by atoms with Crippen molar-refractivity contribution in [1.29, 1.82) is 0 Å². The van der Waals surface area contributed by atoms with E-state index in [1.165, 1.54) is 0 Å².